The van der Waals surface area contributed by atoms with Crippen LogP contribution in [-0.4, -0.2) is 48.0 Å². The number of amides is 1. The first-order valence-electron chi connectivity index (χ1n) is 9.23. The zero-order valence-corrected chi connectivity index (χ0v) is 17.2. The van der Waals surface area contributed by atoms with Crippen LogP contribution in [0.1, 0.15) is 42.5 Å². The van der Waals surface area contributed by atoms with Gasteiger partial charge >= 0.3 is 0 Å². The van der Waals surface area contributed by atoms with E-state index in [0.717, 1.165) is 48.4 Å². The summed E-state index contributed by atoms with van der Waals surface area (Å²) in [6.45, 7) is 11.6. The van der Waals surface area contributed by atoms with Gasteiger partial charge in [-0.2, -0.15) is 5.10 Å². The van der Waals surface area contributed by atoms with Crippen LogP contribution in [0.15, 0.2) is 16.5 Å². The number of anilines is 1. The van der Waals surface area contributed by atoms with E-state index in [4.69, 9.17) is 4.74 Å². The number of hydrazone groups is 1. The van der Waals surface area contributed by atoms with Gasteiger partial charge in [-0.15, -0.1) is 11.3 Å². The molecule has 3 heterocycles. The third kappa shape index (κ3) is 4.75. The van der Waals surface area contributed by atoms with E-state index in [1.54, 1.807) is 17.6 Å². The summed E-state index contributed by atoms with van der Waals surface area (Å²) in [6.07, 6.45) is 1.93. The molecule has 7 nitrogen and oxygen atoms in total. The quantitative estimate of drug-likeness (QED) is 0.609. The van der Waals surface area contributed by atoms with Crippen molar-refractivity contribution in [2.24, 2.45) is 5.10 Å². The average molecular weight is 390 g/mol. The molecule has 0 radical (unpaired) electrons. The molecule has 0 bridgehead atoms. The number of carbonyl (C=O) groups is 1. The van der Waals surface area contributed by atoms with Gasteiger partial charge in [0.15, 0.2) is 5.13 Å². The number of rotatable bonds is 6. The highest BCUT2D eigenvalue weighted by Gasteiger charge is 2.15. The van der Waals surface area contributed by atoms with E-state index in [1.807, 2.05) is 5.38 Å². The lowest BCUT2D eigenvalue weighted by atomic mass is 10.2. The molecule has 2 aromatic heterocycles. The van der Waals surface area contributed by atoms with Crippen LogP contribution in [0.3, 0.4) is 0 Å². The van der Waals surface area contributed by atoms with E-state index >= 15 is 0 Å². The SMILES string of the molecule is Cc1cc(/C=N\NC(=O)Cc2csc(N3CCOCC3)n2)c(C)n1C(C)C. The molecule has 0 aromatic carbocycles. The van der Waals surface area contributed by atoms with Gasteiger partial charge < -0.3 is 14.2 Å². The fourth-order valence-electron chi connectivity index (χ4n) is 3.38. The molecule has 1 aliphatic rings. The summed E-state index contributed by atoms with van der Waals surface area (Å²) in [7, 11) is 0. The second-order valence-electron chi connectivity index (χ2n) is 6.98. The number of nitrogens with one attached hydrogen (secondary N) is 1. The number of ether oxygens (including phenoxy) is 1. The topological polar surface area (TPSA) is 71.8 Å². The van der Waals surface area contributed by atoms with Crippen LogP contribution in [0, 0.1) is 13.8 Å². The maximum atomic E-state index is 12.2. The summed E-state index contributed by atoms with van der Waals surface area (Å²) >= 11 is 1.57. The molecule has 0 spiro atoms. The fourth-order valence-corrected chi connectivity index (χ4v) is 4.26. The average Bonchev–Trinajstić information content (AvgIpc) is 3.20. The van der Waals surface area contributed by atoms with Crippen LogP contribution in [-0.2, 0) is 16.0 Å². The van der Waals surface area contributed by atoms with Gasteiger partial charge in [-0.05, 0) is 33.8 Å². The number of aromatic nitrogens is 2. The maximum absolute atomic E-state index is 12.2. The zero-order valence-electron chi connectivity index (χ0n) is 16.4. The molecule has 1 N–H and O–H groups in total. The number of thiazole rings is 1. The lowest BCUT2D eigenvalue weighted by molar-refractivity contribution is -0.120. The highest BCUT2D eigenvalue weighted by molar-refractivity contribution is 7.13. The Morgan fingerprint density at radius 2 is 2.15 bits per heavy atom. The Bertz CT molecular complexity index is 818. The first kappa shape index (κ1) is 19.6. The van der Waals surface area contributed by atoms with Crippen molar-refractivity contribution in [1.82, 2.24) is 15.0 Å². The third-order valence-corrected chi connectivity index (χ3v) is 5.55. The van der Waals surface area contributed by atoms with Gasteiger partial charge in [0.1, 0.15) is 0 Å². The maximum Gasteiger partial charge on any atom is 0.246 e. The smallest absolute Gasteiger partial charge is 0.246 e. The predicted molar refractivity (Wildman–Crippen MR) is 109 cm³/mol. The molecule has 27 heavy (non-hydrogen) atoms. The fraction of sp³-hybridized carbons (Fsp3) is 0.526. The molecule has 0 unspecified atom stereocenters. The highest BCUT2D eigenvalue weighted by Crippen LogP contribution is 2.22. The number of hydrogen-bond acceptors (Lipinski definition) is 6. The molecule has 0 saturated carbocycles. The van der Waals surface area contributed by atoms with E-state index in [0.29, 0.717) is 6.04 Å². The molecule has 1 saturated heterocycles. The van der Waals surface area contributed by atoms with Crippen molar-refractivity contribution < 1.29 is 9.53 Å². The van der Waals surface area contributed by atoms with E-state index in [9.17, 15) is 4.79 Å². The molecule has 8 heteroatoms. The van der Waals surface area contributed by atoms with Crippen molar-refractivity contribution in [1.29, 1.82) is 0 Å². The minimum atomic E-state index is -0.164. The second-order valence-corrected chi connectivity index (χ2v) is 7.82. The molecule has 146 valence electrons. The number of morpholine rings is 1. The lowest BCUT2D eigenvalue weighted by Crippen LogP contribution is -2.36. The molecule has 3 rings (SSSR count). The molecule has 0 atom stereocenters. The number of hydrogen-bond donors (Lipinski definition) is 1. The van der Waals surface area contributed by atoms with Gasteiger partial charge in [-0.1, -0.05) is 0 Å². The molecule has 0 aliphatic carbocycles. The molecule has 1 amide bonds. The summed E-state index contributed by atoms with van der Waals surface area (Å²) in [5.74, 6) is -0.164. The predicted octanol–water partition coefficient (Wildman–Crippen LogP) is 2.67. The number of carbonyl (C=O) groups excluding carboxylic acids is 1. The van der Waals surface area contributed by atoms with Crippen LogP contribution >= 0.6 is 11.3 Å². The van der Waals surface area contributed by atoms with Crippen LogP contribution in [0.5, 0.6) is 0 Å². The summed E-state index contributed by atoms with van der Waals surface area (Å²) in [4.78, 5) is 18.9. The van der Waals surface area contributed by atoms with Gasteiger partial charge in [0, 0.05) is 41.5 Å². The third-order valence-electron chi connectivity index (χ3n) is 4.60. The Hall–Kier alpha value is -2.19. The highest BCUT2D eigenvalue weighted by atomic mass is 32.1. The summed E-state index contributed by atoms with van der Waals surface area (Å²) in [5, 5.41) is 7.00. The Labute approximate surface area is 164 Å². The van der Waals surface area contributed by atoms with Gasteiger partial charge in [0.05, 0.1) is 31.5 Å². The van der Waals surface area contributed by atoms with E-state index in [1.165, 1.54) is 5.69 Å². The Morgan fingerprint density at radius 1 is 1.41 bits per heavy atom. The molecule has 1 aliphatic heterocycles. The van der Waals surface area contributed by atoms with Crippen molar-refractivity contribution in [3.05, 3.63) is 34.1 Å². The van der Waals surface area contributed by atoms with Crippen LogP contribution in [0.25, 0.3) is 0 Å². The molecular formula is C19H27N5O2S. The minimum Gasteiger partial charge on any atom is -0.378 e. The number of aryl methyl sites for hydroxylation is 1. The van der Waals surface area contributed by atoms with Crippen LogP contribution < -0.4 is 10.3 Å². The second kappa shape index (κ2) is 8.67. The van der Waals surface area contributed by atoms with Crippen molar-refractivity contribution in [3.63, 3.8) is 0 Å². The zero-order chi connectivity index (χ0) is 19.4. The standard InChI is InChI=1S/C19H27N5O2S/c1-13(2)24-14(3)9-16(15(24)4)11-20-22-18(25)10-17-12-27-19(21-17)23-5-7-26-8-6-23/h9,11-13H,5-8,10H2,1-4H3,(H,22,25)/b20-11-. The van der Waals surface area contributed by atoms with Crippen molar-refractivity contribution >= 4 is 28.6 Å². The van der Waals surface area contributed by atoms with Crippen LogP contribution in [0.4, 0.5) is 5.13 Å². The van der Waals surface area contributed by atoms with Gasteiger partial charge in [0.2, 0.25) is 5.91 Å². The van der Waals surface area contributed by atoms with Gasteiger partial charge in [-0.3, -0.25) is 4.79 Å². The monoisotopic (exact) mass is 389 g/mol. The van der Waals surface area contributed by atoms with E-state index in [2.05, 4.69) is 58.7 Å². The van der Waals surface area contributed by atoms with Crippen molar-refractivity contribution in [2.45, 2.75) is 40.2 Å². The first-order chi connectivity index (χ1) is 13.0. The van der Waals surface area contributed by atoms with Gasteiger partial charge in [0.25, 0.3) is 0 Å². The van der Waals surface area contributed by atoms with E-state index in [-0.39, 0.29) is 12.3 Å². The van der Waals surface area contributed by atoms with Crippen LogP contribution in [0.2, 0.25) is 0 Å². The first-order valence-corrected chi connectivity index (χ1v) is 10.1. The molecule has 1 fully saturated rings. The van der Waals surface area contributed by atoms with Crippen molar-refractivity contribution in [3.8, 4) is 0 Å². The largest absolute Gasteiger partial charge is 0.378 e. The summed E-state index contributed by atoms with van der Waals surface area (Å²) < 4.78 is 7.61. The normalized spacial score (nSPS) is 15.1. The number of nitrogens with zero attached hydrogens (tertiary/aromatic N) is 4. The summed E-state index contributed by atoms with van der Waals surface area (Å²) in [6, 6.07) is 2.48. The Morgan fingerprint density at radius 3 is 2.81 bits per heavy atom. The van der Waals surface area contributed by atoms with Gasteiger partial charge in [-0.25, -0.2) is 10.4 Å². The Kier molecular flexibility index (Phi) is 6.28. The lowest BCUT2D eigenvalue weighted by Gasteiger charge is -2.26. The minimum absolute atomic E-state index is 0.164. The molecule has 2 aromatic rings. The van der Waals surface area contributed by atoms with E-state index < -0.39 is 0 Å². The Balaban J connectivity index is 1.55. The summed E-state index contributed by atoms with van der Waals surface area (Å²) in [5.41, 5.74) is 6.73. The molecular weight excluding hydrogens is 362 g/mol. The van der Waals surface area contributed by atoms with Crippen molar-refractivity contribution in [2.75, 3.05) is 31.2 Å².